The predicted molar refractivity (Wildman–Crippen MR) is 71.8 cm³/mol. The van der Waals surface area contributed by atoms with Gasteiger partial charge in [0.2, 0.25) is 11.7 Å². The average molecular weight is 286 g/mol. The van der Waals surface area contributed by atoms with E-state index in [1.54, 1.807) is 18.2 Å². The van der Waals surface area contributed by atoms with Crippen LogP contribution in [-0.2, 0) is 0 Å². The summed E-state index contributed by atoms with van der Waals surface area (Å²) < 4.78 is 5.23. The molecule has 2 rings (SSSR count). The van der Waals surface area contributed by atoms with Crippen molar-refractivity contribution in [1.29, 1.82) is 0 Å². The van der Waals surface area contributed by atoms with Crippen LogP contribution in [0.15, 0.2) is 22.7 Å². The van der Waals surface area contributed by atoms with Crippen LogP contribution in [0.3, 0.4) is 0 Å². The number of halogens is 2. The van der Waals surface area contributed by atoms with Gasteiger partial charge in [-0.2, -0.15) is 4.98 Å². The molecule has 4 nitrogen and oxygen atoms in total. The van der Waals surface area contributed by atoms with Crippen molar-refractivity contribution in [3.63, 3.8) is 0 Å². The van der Waals surface area contributed by atoms with Gasteiger partial charge < -0.3 is 9.84 Å². The standard InChI is InChI=1S/C12H13Cl2N3O/c1-3-10(15-2)12-16-11(17-18-12)7-4-8(13)6-9(14)5-7/h4-6,10,15H,3H2,1-2H3. The Morgan fingerprint density at radius 2 is 1.94 bits per heavy atom. The van der Waals surface area contributed by atoms with Crippen molar-refractivity contribution >= 4 is 23.2 Å². The van der Waals surface area contributed by atoms with E-state index >= 15 is 0 Å². The first-order valence-electron chi connectivity index (χ1n) is 5.61. The zero-order valence-electron chi connectivity index (χ0n) is 10.1. The lowest BCUT2D eigenvalue weighted by Gasteiger charge is -2.06. The van der Waals surface area contributed by atoms with E-state index in [1.165, 1.54) is 0 Å². The third-order valence-corrected chi connectivity index (χ3v) is 3.05. The number of hydrogen-bond acceptors (Lipinski definition) is 4. The van der Waals surface area contributed by atoms with Crippen LogP contribution in [0.25, 0.3) is 11.4 Å². The molecule has 0 aliphatic heterocycles. The molecule has 0 radical (unpaired) electrons. The van der Waals surface area contributed by atoms with Gasteiger partial charge in [-0.05, 0) is 31.7 Å². The zero-order chi connectivity index (χ0) is 13.1. The van der Waals surface area contributed by atoms with Crippen molar-refractivity contribution in [2.75, 3.05) is 7.05 Å². The molecule has 0 spiro atoms. The van der Waals surface area contributed by atoms with Gasteiger partial charge in [-0.1, -0.05) is 35.3 Å². The van der Waals surface area contributed by atoms with Crippen LogP contribution in [0, 0.1) is 0 Å². The first kappa shape index (κ1) is 13.3. The number of benzene rings is 1. The predicted octanol–water partition coefficient (Wildman–Crippen LogP) is 3.71. The molecule has 0 aliphatic rings. The van der Waals surface area contributed by atoms with Crippen molar-refractivity contribution in [1.82, 2.24) is 15.5 Å². The lowest BCUT2D eigenvalue weighted by molar-refractivity contribution is 0.334. The van der Waals surface area contributed by atoms with E-state index in [0.717, 1.165) is 12.0 Å². The molecule has 96 valence electrons. The minimum Gasteiger partial charge on any atom is -0.337 e. The molecule has 0 aliphatic carbocycles. The molecule has 0 bridgehead atoms. The van der Waals surface area contributed by atoms with E-state index < -0.39 is 0 Å². The first-order chi connectivity index (χ1) is 8.63. The number of nitrogens with one attached hydrogen (secondary N) is 1. The second kappa shape index (κ2) is 5.69. The summed E-state index contributed by atoms with van der Waals surface area (Å²) in [6, 6.07) is 5.22. The molecule has 0 amide bonds. The molecule has 1 aromatic heterocycles. The van der Waals surface area contributed by atoms with Crippen molar-refractivity contribution < 1.29 is 4.52 Å². The Kier molecular flexibility index (Phi) is 4.22. The van der Waals surface area contributed by atoms with Crippen LogP contribution in [0.2, 0.25) is 10.0 Å². The highest BCUT2D eigenvalue weighted by Gasteiger charge is 2.16. The molecule has 1 atom stereocenters. The Morgan fingerprint density at radius 1 is 1.28 bits per heavy atom. The quantitative estimate of drug-likeness (QED) is 0.930. The molecular weight excluding hydrogens is 273 g/mol. The smallest absolute Gasteiger partial charge is 0.244 e. The molecule has 6 heteroatoms. The molecule has 1 N–H and O–H groups in total. The Balaban J connectivity index is 2.34. The van der Waals surface area contributed by atoms with Gasteiger partial charge in [0.1, 0.15) is 0 Å². The average Bonchev–Trinajstić information content (AvgIpc) is 2.79. The van der Waals surface area contributed by atoms with E-state index in [1.807, 2.05) is 14.0 Å². The van der Waals surface area contributed by atoms with E-state index in [9.17, 15) is 0 Å². The molecular formula is C12H13Cl2N3O. The number of aromatic nitrogens is 2. The molecule has 0 saturated carbocycles. The lowest BCUT2D eigenvalue weighted by atomic mass is 10.2. The van der Waals surface area contributed by atoms with Gasteiger partial charge in [-0.25, -0.2) is 0 Å². The summed E-state index contributed by atoms with van der Waals surface area (Å²) in [7, 11) is 1.86. The summed E-state index contributed by atoms with van der Waals surface area (Å²) in [4.78, 5) is 4.35. The molecule has 0 saturated heterocycles. The Bertz CT molecular complexity index is 518. The van der Waals surface area contributed by atoms with Crippen molar-refractivity contribution in [2.45, 2.75) is 19.4 Å². The summed E-state index contributed by atoms with van der Waals surface area (Å²) in [5.74, 6) is 1.05. The van der Waals surface area contributed by atoms with Gasteiger partial charge >= 0.3 is 0 Å². The lowest BCUT2D eigenvalue weighted by Crippen LogP contribution is -2.15. The van der Waals surface area contributed by atoms with Crippen LogP contribution in [0.5, 0.6) is 0 Å². The second-order valence-corrected chi connectivity index (χ2v) is 4.74. The van der Waals surface area contributed by atoms with Crippen LogP contribution in [0.1, 0.15) is 25.3 Å². The third kappa shape index (κ3) is 2.83. The fraction of sp³-hybridized carbons (Fsp3) is 0.333. The highest BCUT2D eigenvalue weighted by atomic mass is 35.5. The van der Waals surface area contributed by atoms with E-state index in [0.29, 0.717) is 21.8 Å². The summed E-state index contributed by atoms with van der Waals surface area (Å²) in [6.45, 7) is 2.04. The zero-order valence-corrected chi connectivity index (χ0v) is 11.6. The molecule has 1 unspecified atom stereocenters. The molecule has 1 heterocycles. The Labute approximate surface area is 115 Å². The number of nitrogens with zero attached hydrogens (tertiary/aromatic N) is 2. The molecule has 1 aromatic carbocycles. The maximum Gasteiger partial charge on any atom is 0.244 e. The highest BCUT2D eigenvalue weighted by Crippen LogP contribution is 2.26. The van der Waals surface area contributed by atoms with Gasteiger partial charge in [-0.3, -0.25) is 0 Å². The fourth-order valence-electron chi connectivity index (χ4n) is 1.68. The van der Waals surface area contributed by atoms with Gasteiger partial charge in [0.15, 0.2) is 0 Å². The van der Waals surface area contributed by atoms with Crippen LogP contribution in [-0.4, -0.2) is 17.2 Å². The fourth-order valence-corrected chi connectivity index (χ4v) is 2.21. The van der Waals surface area contributed by atoms with Crippen LogP contribution < -0.4 is 5.32 Å². The largest absolute Gasteiger partial charge is 0.337 e. The van der Waals surface area contributed by atoms with Gasteiger partial charge in [0, 0.05) is 15.6 Å². The topological polar surface area (TPSA) is 51.0 Å². The Hall–Kier alpha value is -1.10. The summed E-state index contributed by atoms with van der Waals surface area (Å²) in [5, 5.41) is 8.14. The molecule has 0 fully saturated rings. The maximum absolute atomic E-state index is 5.94. The van der Waals surface area contributed by atoms with Gasteiger partial charge in [0.05, 0.1) is 6.04 Å². The maximum atomic E-state index is 5.94. The summed E-state index contributed by atoms with van der Waals surface area (Å²) in [6.07, 6.45) is 0.869. The van der Waals surface area contributed by atoms with E-state index in [-0.39, 0.29) is 6.04 Å². The highest BCUT2D eigenvalue weighted by molar-refractivity contribution is 6.35. The van der Waals surface area contributed by atoms with E-state index in [4.69, 9.17) is 27.7 Å². The monoisotopic (exact) mass is 285 g/mol. The van der Waals surface area contributed by atoms with Crippen molar-refractivity contribution in [2.24, 2.45) is 0 Å². The van der Waals surface area contributed by atoms with Crippen molar-refractivity contribution in [3.05, 3.63) is 34.1 Å². The van der Waals surface area contributed by atoms with Crippen molar-refractivity contribution in [3.8, 4) is 11.4 Å². The molecule has 2 aromatic rings. The number of rotatable bonds is 4. The number of hydrogen-bond donors (Lipinski definition) is 1. The summed E-state index contributed by atoms with van der Waals surface area (Å²) >= 11 is 11.9. The van der Waals surface area contributed by atoms with E-state index in [2.05, 4.69) is 15.5 Å². The second-order valence-electron chi connectivity index (χ2n) is 3.86. The van der Waals surface area contributed by atoms with Gasteiger partial charge in [-0.15, -0.1) is 0 Å². The first-order valence-corrected chi connectivity index (χ1v) is 6.37. The third-order valence-electron chi connectivity index (χ3n) is 2.62. The SMILES string of the molecule is CCC(NC)c1nc(-c2cc(Cl)cc(Cl)c2)no1. The minimum atomic E-state index is 0.0564. The minimum absolute atomic E-state index is 0.0564. The van der Waals surface area contributed by atoms with Crippen LogP contribution in [0.4, 0.5) is 0 Å². The van der Waals surface area contributed by atoms with Crippen LogP contribution >= 0.6 is 23.2 Å². The molecule has 18 heavy (non-hydrogen) atoms. The normalized spacial score (nSPS) is 12.7. The van der Waals surface area contributed by atoms with Gasteiger partial charge in [0.25, 0.3) is 0 Å². The summed E-state index contributed by atoms with van der Waals surface area (Å²) in [5.41, 5.74) is 0.744. The Morgan fingerprint density at radius 3 is 2.50 bits per heavy atom.